The van der Waals surface area contributed by atoms with Crippen LogP contribution in [0.15, 0.2) is 42.7 Å². The summed E-state index contributed by atoms with van der Waals surface area (Å²) in [6.07, 6.45) is 5.76. The number of carbonyl (C=O) groups excluding carboxylic acids is 1. The highest BCUT2D eigenvalue weighted by atomic mass is 16.2. The molecule has 1 saturated heterocycles. The lowest BCUT2D eigenvalue weighted by Crippen LogP contribution is -2.48. The Balaban J connectivity index is 1.40. The predicted octanol–water partition coefficient (Wildman–Crippen LogP) is 2.40. The Morgan fingerprint density at radius 2 is 1.88 bits per heavy atom. The number of piperazine rings is 1. The molecule has 0 unspecified atom stereocenters. The molecule has 25 heavy (non-hydrogen) atoms. The van der Waals surface area contributed by atoms with Crippen LogP contribution in [0.1, 0.15) is 27.9 Å². The molecule has 3 heterocycles. The summed E-state index contributed by atoms with van der Waals surface area (Å²) in [7, 11) is 0. The SMILES string of the molecule is O=C(c1cccc2c1CCCN2)N1CCN(Cc2ccncc2)CC1. The molecule has 1 fully saturated rings. The van der Waals surface area contributed by atoms with Crippen molar-refractivity contribution in [3.05, 3.63) is 59.4 Å². The van der Waals surface area contributed by atoms with E-state index in [0.717, 1.165) is 63.4 Å². The largest absolute Gasteiger partial charge is 0.385 e. The second kappa shape index (κ2) is 7.23. The molecule has 2 aliphatic rings. The Morgan fingerprint density at radius 3 is 2.68 bits per heavy atom. The number of rotatable bonds is 3. The first-order chi connectivity index (χ1) is 12.3. The second-order valence-corrected chi connectivity index (χ2v) is 6.79. The van der Waals surface area contributed by atoms with Gasteiger partial charge in [-0.25, -0.2) is 0 Å². The summed E-state index contributed by atoms with van der Waals surface area (Å²) in [5, 5.41) is 3.41. The number of hydrogen-bond donors (Lipinski definition) is 1. The smallest absolute Gasteiger partial charge is 0.254 e. The van der Waals surface area contributed by atoms with Gasteiger partial charge in [0.15, 0.2) is 0 Å². The number of anilines is 1. The minimum absolute atomic E-state index is 0.184. The van der Waals surface area contributed by atoms with Gasteiger partial charge in [0.05, 0.1) is 0 Å². The lowest BCUT2D eigenvalue weighted by molar-refractivity contribution is 0.0627. The van der Waals surface area contributed by atoms with Crippen molar-refractivity contribution in [3.8, 4) is 0 Å². The van der Waals surface area contributed by atoms with E-state index in [1.165, 1.54) is 11.1 Å². The highest BCUT2D eigenvalue weighted by Crippen LogP contribution is 2.26. The molecular formula is C20H24N4O. The van der Waals surface area contributed by atoms with E-state index < -0.39 is 0 Å². The monoisotopic (exact) mass is 336 g/mol. The fourth-order valence-electron chi connectivity index (χ4n) is 3.74. The molecule has 0 aliphatic carbocycles. The molecule has 0 radical (unpaired) electrons. The molecule has 1 aromatic carbocycles. The van der Waals surface area contributed by atoms with E-state index in [0.29, 0.717) is 0 Å². The number of aromatic nitrogens is 1. The average molecular weight is 336 g/mol. The molecule has 2 aliphatic heterocycles. The molecule has 130 valence electrons. The number of benzene rings is 1. The molecule has 0 saturated carbocycles. The van der Waals surface area contributed by atoms with E-state index in [1.54, 1.807) is 0 Å². The van der Waals surface area contributed by atoms with Crippen LogP contribution in [0.25, 0.3) is 0 Å². The van der Waals surface area contributed by atoms with E-state index >= 15 is 0 Å². The summed E-state index contributed by atoms with van der Waals surface area (Å²) in [6, 6.07) is 10.2. The van der Waals surface area contributed by atoms with Crippen LogP contribution in [0, 0.1) is 0 Å². The summed E-state index contributed by atoms with van der Waals surface area (Å²) in [5.74, 6) is 0.184. The number of nitrogens with zero attached hydrogens (tertiary/aromatic N) is 3. The van der Waals surface area contributed by atoms with Gasteiger partial charge in [0.1, 0.15) is 0 Å². The van der Waals surface area contributed by atoms with Crippen molar-refractivity contribution in [1.29, 1.82) is 0 Å². The number of amides is 1. The van der Waals surface area contributed by atoms with Gasteiger partial charge in [-0.05, 0) is 48.2 Å². The summed E-state index contributed by atoms with van der Waals surface area (Å²) in [5.41, 5.74) is 4.48. The number of pyridine rings is 1. The van der Waals surface area contributed by atoms with Crippen molar-refractivity contribution in [1.82, 2.24) is 14.8 Å². The first-order valence-electron chi connectivity index (χ1n) is 9.07. The van der Waals surface area contributed by atoms with Gasteiger partial charge in [-0.15, -0.1) is 0 Å². The first-order valence-corrected chi connectivity index (χ1v) is 9.07. The maximum Gasteiger partial charge on any atom is 0.254 e. The lowest BCUT2D eigenvalue weighted by Gasteiger charge is -2.35. The van der Waals surface area contributed by atoms with E-state index in [1.807, 2.05) is 29.4 Å². The molecule has 0 spiro atoms. The minimum Gasteiger partial charge on any atom is -0.385 e. The molecular weight excluding hydrogens is 312 g/mol. The van der Waals surface area contributed by atoms with E-state index in [-0.39, 0.29) is 5.91 Å². The highest BCUT2D eigenvalue weighted by molar-refractivity contribution is 5.97. The summed E-state index contributed by atoms with van der Waals surface area (Å²) < 4.78 is 0. The van der Waals surface area contributed by atoms with Gasteiger partial charge in [0, 0.05) is 62.9 Å². The van der Waals surface area contributed by atoms with Gasteiger partial charge >= 0.3 is 0 Å². The van der Waals surface area contributed by atoms with E-state index in [4.69, 9.17) is 0 Å². The van der Waals surface area contributed by atoms with E-state index in [2.05, 4.69) is 33.4 Å². The highest BCUT2D eigenvalue weighted by Gasteiger charge is 2.25. The Morgan fingerprint density at radius 1 is 1.08 bits per heavy atom. The normalized spacial score (nSPS) is 17.7. The van der Waals surface area contributed by atoms with Gasteiger partial charge in [-0.2, -0.15) is 0 Å². The Kier molecular flexibility index (Phi) is 4.65. The molecule has 5 nitrogen and oxygen atoms in total. The van der Waals surface area contributed by atoms with E-state index in [9.17, 15) is 4.79 Å². The van der Waals surface area contributed by atoms with Gasteiger partial charge in [0.25, 0.3) is 5.91 Å². The van der Waals surface area contributed by atoms with Gasteiger partial charge in [0.2, 0.25) is 0 Å². The zero-order chi connectivity index (χ0) is 17.1. The van der Waals surface area contributed by atoms with Gasteiger partial charge in [-0.3, -0.25) is 14.7 Å². The van der Waals surface area contributed by atoms with Crippen molar-refractivity contribution in [3.63, 3.8) is 0 Å². The third-order valence-electron chi connectivity index (χ3n) is 5.14. The fraction of sp³-hybridized carbons (Fsp3) is 0.400. The van der Waals surface area contributed by atoms with Gasteiger partial charge in [-0.1, -0.05) is 6.07 Å². The van der Waals surface area contributed by atoms with Crippen LogP contribution < -0.4 is 5.32 Å². The third kappa shape index (κ3) is 3.51. The Hall–Kier alpha value is -2.40. The van der Waals surface area contributed by atoms with Crippen LogP contribution in [0.3, 0.4) is 0 Å². The average Bonchev–Trinajstić information content (AvgIpc) is 2.68. The molecule has 0 atom stereocenters. The zero-order valence-corrected chi connectivity index (χ0v) is 14.4. The van der Waals surface area contributed by atoms with Crippen LogP contribution in [0.2, 0.25) is 0 Å². The van der Waals surface area contributed by atoms with Crippen molar-refractivity contribution in [2.75, 3.05) is 38.0 Å². The van der Waals surface area contributed by atoms with Crippen LogP contribution in [0.4, 0.5) is 5.69 Å². The summed E-state index contributed by atoms with van der Waals surface area (Å²) in [4.78, 5) is 21.5. The standard InChI is InChI=1S/C20H24N4O/c25-20(18-3-1-5-19-17(18)4-2-8-22-19)24-13-11-23(12-14-24)15-16-6-9-21-10-7-16/h1,3,5-7,9-10,22H,2,4,8,11-15H2. The van der Waals surface area contributed by atoms with Crippen molar-refractivity contribution in [2.45, 2.75) is 19.4 Å². The van der Waals surface area contributed by atoms with Gasteiger partial charge < -0.3 is 10.2 Å². The molecule has 1 amide bonds. The summed E-state index contributed by atoms with van der Waals surface area (Å²) in [6.45, 7) is 5.35. The third-order valence-corrected chi connectivity index (χ3v) is 5.14. The Bertz CT molecular complexity index is 739. The molecule has 1 N–H and O–H groups in total. The van der Waals surface area contributed by atoms with Crippen LogP contribution in [-0.2, 0) is 13.0 Å². The number of fused-ring (bicyclic) bond motifs is 1. The number of nitrogens with one attached hydrogen (secondary N) is 1. The van der Waals surface area contributed by atoms with Crippen LogP contribution in [-0.4, -0.2) is 53.4 Å². The van der Waals surface area contributed by atoms with Crippen LogP contribution >= 0.6 is 0 Å². The number of carbonyl (C=O) groups is 1. The van der Waals surface area contributed by atoms with Crippen molar-refractivity contribution >= 4 is 11.6 Å². The van der Waals surface area contributed by atoms with Crippen LogP contribution in [0.5, 0.6) is 0 Å². The predicted molar refractivity (Wildman–Crippen MR) is 98.7 cm³/mol. The molecule has 0 bridgehead atoms. The molecule has 2 aromatic rings. The second-order valence-electron chi connectivity index (χ2n) is 6.79. The molecule has 5 heteroatoms. The molecule has 1 aromatic heterocycles. The lowest BCUT2D eigenvalue weighted by atomic mass is 9.96. The topological polar surface area (TPSA) is 48.5 Å². The van der Waals surface area contributed by atoms with Crippen molar-refractivity contribution < 1.29 is 4.79 Å². The number of hydrogen-bond acceptors (Lipinski definition) is 4. The minimum atomic E-state index is 0.184. The quantitative estimate of drug-likeness (QED) is 0.935. The maximum absolute atomic E-state index is 13.0. The fourth-order valence-corrected chi connectivity index (χ4v) is 3.74. The zero-order valence-electron chi connectivity index (χ0n) is 14.4. The molecule has 4 rings (SSSR count). The maximum atomic E-state index is 13.0. The van der Waals surface area contributed by atoms with Crippen molar-refractivity contribution in [2.24, 2.45) is 0 Å². The summed E-state index contributed by atoms with van der Waals surface area (Å²) >= 11 is 0. The Labute approximate surface area is 148 Å². The first kappa shape index (κ1) is 16.1.